The first-order chi connectivity index (χ1) is 12.6. The van der Waals surface area contributed by atoms with Gasteiger partial charge in [0.25, 0.3) is 5.91 Å². The van der Waals surface area contributed by atoms with E-state index in [2.05, 4.69) is 4.90 Å². The van der Waals surface area contributed by atoms with Crippen LogP contribution in [0.1, 0.15) is 26.3 Å². The number of hydrogen-bond acceptors (Lipinski definition) is 4. The Bertz CT molecular complexity index is 781. The minimum atomic E-state index is -0.915. The Kier molecular flexibility index (Phi) is 5.53. The van der Waals surface area contributed by atoms with E-state index in [1.165, 1.54) is 0 Å². The monoisotopic (exact) mass is 354 g/mol. The van der Waals surface area contributed by atoms with Crippen molar-refractivity contribution in [3.63, 3.8) is 0 Å². The minimum Gasteiger partial charge on any atom is -0.497 e. The van der Waals surface area contributed by atoms with Gasteiger partial charge in [-0.05, 0) is 42.0 Å². The molecule has 1 N–H and O–H groups in total. The Morgan fingerprint density at radius 3 is 2.31 bits per heavy atom. The fourth-order valence-electron chi connectivity index (χ4n) is 3.09. The summed E-state index contributed by atoms with van der Waals surface area (Å²) >= 11 is 0. The van der Waals surface area contributed by atoms with Crippen molar-refractivity contribution in [2.24, 2.45) is 0 Å². The average Bonchev–Trinajstić information content (AvgIpc) is 2.68. The molecule has 2 aromatic rings. The van der Waals surface area contributed by atoms with Crippen molar-refractivity contribution in [1.29, 1.82) is 0 Å². The predicted molar refractivity (Wildman–Crippen MR) is 97.6 cm³/mol. The van der Waals surface area contributed by atoms with Crippen LogP contribution in [0, 0.1) is 0 Å². The maximum absolute atomic E-state index is 12.6. The first-order valence-corrected chi connectivity index (χ1v) is 8.55. The number of carboxylic acid groups (broad SMARTS) is 1. The SMILES string of the molecule is COc1ccc(C(=O)N2CCN(Cc3cccc(C(=O)O)c3)CC2)cc1. The molecule has 1 aliphatic rings. The lowest BCUT2D eigenvalue weighted by Crippen LogP contribution is -2.48. The van der Waals surface area contributed by atoms with Gasteiger partial charge in [-0.1, -0.05) is 12.1 Å². The third-order valence-electron chi connectivity index (χ3n) is 4.58. The number of nitrogens with zero attached hydrogens (tertiary/aromatic N) is 2. The standard InChI is InChI=1S/C20H22N2O4/c1-26-18-7-5-16(6-8-18)19(23)22-11-9-21(10-12-22)14-15-3-2-4-17(13-15)20(24)25/h2-8,13H,9-12,14H2,1H3,(H,24,25). The number of carbonyl (C=O) groups excluding carboxylic acids is 1. The molecule has 0 unspecified atom stereocenters. The second kappa shape index (κ2) is 8.01. The largest absolute Gasteiger partial charge is 0.497 e. The highest BCUT2D eigenvalue weighted by molar-refractivity contribution is 5.94. The molecule has 1 fully saturated rings. The van der Waals surface area contributed by atoms with Gasteiger partial charge in [0, 0.05) is 38.3 Å². The number of piperazine rings is 1. The summed E-state index contributed by atoms with van der Waals surface area (Å²) in [5, 5.41) is 9.09. The molecule has 136 valence electrons. The summed E-state index contributed by atoms with van der Waals surface area (Å²) < 4.78 is 5.12. The molecule has 1 aliphatic heterocycles. The average molecular weight is 354 g/mol. The van der Waals surface area contributed by atoms with Gasteiger partial charge in [0.15, 0.2) is 0 Å². The Labute approximate surface area is 152 Å². The molecule has 0 aromatic heterocycles. The molecule has 6 nitrogen and oxygen atoms in total. The molecule has 1 amide bonds. The van der Waals surface area contributed by atoms with E-state index in [4.69, 9.17) is 9.84 Å². The number of carboxylic acids is 1. The first-order valence-electron chi connectivity index (χ1n) is 8.55. The van der Waals surface area contributed by atoms with Crippen LogP contribution in [0.15, 0.2) is 48.5 Å². The summed E-state index contributed by atoms with van der Waals surface area (Å²) in [6.45, 7) is 3.52. The van der Waals surface area contributed by atoms with E-state index < -0.39 is 5.97 Å². The topological polar surface area (TPSA) is 70.1 Å². The molecule has 0 aliphatic carbocycles. The van der Waals surface area contributed by atoms with Gasteiger partial charge in [-0.15, -0.1) is 0 Å². The maximum atomic E-state index is 12.6. The molecule has 0 atom stereocenters. The molecular weight excluding hydrogens is 332 g/mol. The molecule has 0 spiro atoms. The van der Waals surface area contributed by atoms with Gasteiger partial charge in [-0.3, -0.25) is 9.69 Å². The Morgan fingerprint density at radius 1 is 1.00 bits per heavy atom. The van der Waals surface area contributed by atoms with E-state index in [1.54, 1.807) is 49.6 Å². The van der Waals surface area contributed by atoms with Gasteiger partial charge in [0.05, 0.1) is 12.7 Å². The lowest BCUT2D eigenvalue weighted by molar-refractivity contribution is 0.0626. The number of ether oxygens (including phenoxy) is 1. The lowest BCUT2D eigenvalue weighted by atomic mass is 10.1. The highest BCUT2D eigenvalue weighted by atomic mass is 16.5. The molecule has 2 aromatic carbocycles. The van der Waals surface area contributed by atoms with E-state index >= 15 is 0 Å². The van der Waals surface area contributed by atoms with Crippen LogP contribution in [0.3, 0.4) is 0 Å². The van der Waals surface area contributed by atoms with Crippen molar-refractivity contribution < 1.29 is 19.4 Å². The third-order valence-corrected chi connectivity index (χ3v) is 4.58. The van der Waals surface area contributed by atoms with Crippen molar-refractivity contribution in [3.05, 3.63) is 65.2 Å². The lowest BCUT2D eigenvalue weighted by Gasteiger charge is -2.34. The smallest absolute Gasteiger partial charge is 0.335 e. The van der Waals surface area contributed by atoms with Gasteiger partial charge in [-0.25, -0.2) is 4.79 Å². The van der Waals surface area contributed by atoms with Crippen molar-refractivity contribution in [1.82, 2.24) is 9.80 Å². The van der Waals surface area contributed by atoms with Crippen LogP contribution >= 0.6 is 0 Å². The van der Waals surface area contributed by atoms with Crippen molar-refractivity contribution >= 4 is 11.9 Å². The molecule has 0 bridgehead atoms. The summed E-state index contributed by atoms with van der Waals surface area (Å²) in [4.78, 5) is 27.7. The zero-order valence-corrected chi connectivity index (χ0v) is 14.7. The third kappa shape index (κ3) is 4.21. The van der Waals surface area contributed by atoms with Gasteiger partial charge < -0.3 is 14.7 Å². The second-order valence-corrected chi connectivity index (χ2v) is 6.30. The number of hydrogen-bond donors (Lipinski definition) is 1. The van der Waals surface area contributed by atoms with Gasteiger partial charge >= 0.3 is 5.97 Å². The number of methoxy groups -OCH3 is 1. The molecular formula is C20H22N2O4. The van der Waals surface area contributed by atoms with E-state index in [0.29, 0.717) is 30.8 Å². The summed E-state index contributed by atoms with van der Waals surface area (Å²) in [7, 11) is 1.60. The summed E-state index contributed by atoms with van der Waals surface area (Å²) in [6.07, 6.45) is 0. The zero-order chi connectivity index (χ0) is 18.5. The molecule has 0 radical (unpaired) electrons. The van der Waals surface area contributed by atoms with Crippen molar-refractivity contribution in [2.45, 2.75) is 6.54 Å². The molecule has 0 saturated carbocycles. The van der Waals surface area contributed by atoms with Crippen LogP contribution in [0.25, 0.3) is 0 Å². The van der Waals surface area contributed by atoms with Gasteiger partial charge in [0.2, 0.25) is 0 Å². The van der Waals surface area contributed by atoms with Crippen molar-refractivity contribution in [2.75, 3.05) is 33.3 Å². The highest BCUT2D eigenvalue weighted by Crippen LogP contribution is 2.15. The zero-order valence-electron chi connectivity index (χ0n) is 14.7. The summed E-state index contributed by atoms with van der Waals surface area (Å²) in [5.41, 5.74) is 1.93. The molecule has 3 rings (SSSR count). The van der Waals surface area contributed by atoms with Crippen LogP contribution in [0.4, 0.5) is 0 Å². The van der Waals surface area contributed by atoms with Gasteiger partial charge in [-0.2, -0.15) is 0 Å². The number of carbonyl (C=O) groups is 2. The normalized spacial score (nSPS) is 14.9. The first kappa shape index (κ1) is 17.9. The number of rotatable bonds is 5. The fraction of sp³-hybridized carbons (Fsp3) is 0.300. The quantitative estimate of drug-likeness (QED) is 0.893. The van der Waals surface area contributed by atoms with Crippen molar-refractivity contribution in [3.8, 4) is 5.75 Å². The predicted octanol–water partition coefficient (Wildman–Crippen LogP) is 2.35. The molecule has 26 heavy (non-hydrogen) atoms. The fourth-order valence-corrected chi connectivity index (χ4v) is 3.09. The van der Waals surface area contributed by atoms with Crippen LogP contribution in [-0.2, 0) is 6.54 Å². The Balaban J connectivity index is 1.56. The highest BCUT2D eigenvalue weighted by Gasteiger charge is 2.22. The number of aromatic carboxylic acids is 1. The maximum Gasteiger partial charge on any atom is 0.335 e. The van der Waals surface area contributed by atoms with Crippen LogP contribution in [0.5, 0.6) is 5.75 Å². The van der Waals surface area contributed by atoms with Crippen LogP contribution in [0.2, 0.25) is 0 Å². The van der Waals surface area contributed by atoms with E-state index in [-0.39, 0.29) is 5.91 Å². The number of amides is 1. The molecule has 6 heteroatoms. The molecule has 1 saturated heterocycles. The van der Waals surface area contributed by atoms with E-state index in [0.717, 1.165) is 24.4 Å². The summed E-state index contributed by atoms with van der Waals surface area (Å²) in [5.74, 6) is -0.156. The Morgan fingerprint density at radius 2 is 1.69 bits per heavy atom. The van der Waals surface area contributed by atoms with E-state index in [9.17, 15) is 9.59 Å². The summed E-state index contributed by atoms with van der Waals surface area (Å²) in [6, 6.07) is 14.1. The Hall–Kier alpha value is -2.86. The van der Waals surface area contributed by atoms with Crippen LogP contribution < -0.4 is 4.74 Å². The molecule has 1 heterocycles. The minimum absolute atomic E-state index is 0.0279. The van der Waals surface area contributed by atoms with E-state index in [1.807, 2.05) is 11.0 Å². The van der Waals surface area contributed by atoms with Gasteiger partial charge in [0.1, 0.15) is 5.75 Å². The number of benzene rings is 2. The second-order valence-electron chi connectivity index (χ2n) is 6.30. The van der Waals surface area contributed by atoms with Crippen LogP contribution in [-0.4, -0.2) is 60.1 Å².